The number of benzene rings is 2. The molecule has 6 heteroatoms. The van der Waals surface area contributed by atoms with Gasteiger partial charge in [-0.15, -0.1) is 0 Å². The third kappa shape index (κ3) is 2.76. The smallest absolute Gasteiger partial charge is 0.161 e. The fraction of sp³-hybridized carbons (Fsp3) is 0.158. The Hall–Kier alpha value is -2.79. The van der Waals surface area contributed by atoms with E-state index in [1.807, 2.05) is 36.4 Å². The van der Waals surface area contributed by atoms with Crippen molar-refractivity contribution in [1.29, 1.82) is 0 Å². The SMILES string of the molecule is COc1cc2cc3c(NCc4cccc(Cl)c4)[nH][nH]c-3c2cc1OC. The Bertz CT molecular complexity index is 1010. The number of methoxy groups -OCH3 is 2. The van der Waals surface area contributed by atoms with Gasteiger partial charge in [0, 0.05) is 22.5 Å². The summed E-state index contributed by atoms with van der Waals surface area (Å²) in [6.45, 7) is 0.679. The molecule has 0 atom stereocenters. The Morgan fingerprint density at radius 1 is 1.00 bits per heavy atom. The quantitative estimate of drug-likeness (QED) is 0.478. The standard InChI is InChI=1S/C19H18ClN3O2/c1-24-16-8-12-7-15-18(14(12)9-17(16)25-2)22-23-19(15)21-10-11-4-3-5-13(20)6-11/h3-9,21-23H,10H2,1-2H3. The first-order chi connectivity index (χ1) is 12.2. The molecule has 4 rings (SSSR count). The maximum Gasteiger partial charge on any atom is 0.161 e. The first-order valence-corrected chi connectivity index (χ1v) is 8.30. The van der Waals surface area contributed by atoms with Crippen LogP contribution >= 0.6 is 11.6 Å². The van der Waals surface area contributed by atoms with E-state index >= 15 is 0 Å². The Morgan fingerprint density at radius 3 is 2.56 bits per heavy atom. The average molecular weight is 356 g/mol. The molecule has 0 saturated carbocycles. The van der Waals surface area contributed by atoms with Gasteiger partial charge in [-0.25, -0.2) is 0 Å². The van der Waals surface area contributed by atoms with Crippen LogP contribution in [0.1, 0.15) is 5.56 Å². The van der Waals surface area contributed by atoms with Gasteiger partial charge < -0.3 is 14.8 Å². The van der Waals surface area contributed by atoms with Crippen molar-refractivity contribution in [3.63, 3.8) is 0 Å². The molecule has 0 saturated heterocycles. The molecule has 2 aromatic carbocycles. The van der Waals surface area contributed by atoms with Crippen molar-refractivity contribution in [2.75, 3.05) is 19.5 Å². The van der Waals surface area contributed by atoms with Crippen LogP contribution in [0.2, 0.25) is 5.02 Å². The van der Waals surface area contributed by atoms with Gasteiger partial charge in [0.05, 0.1) is 19.9 Å². The summed E-state index contributed by atoms with van der Waals surface area (Å²) in [6, 6.07) is 13.9. The van der Waals surface area contributed by atoms with Gasteiger partial charge in [-0.05, 0) is 41.3 Å². The van der Waals surface area contributed by atoms with Crippen LogP contribution in [0.5, 0.6) is 11.5 Å². The molecular weight excluding hydrogens is 338 g/mol. The van der Waals surface area contributed by atoms with Crippen LogP contribution < -0.4 is 14.8 Å². The minimum atomic E-state index is 0.679. The largest absolute Gasteiger partial charge is 0.493 e. The molecule has 0 aromatic heterocycles. The highest BCUT2D eigenvalue weighted by Gasteiger charge is 2.19. The maximum atomic E-state index is 6.05. The number of hydrogen-bond donors (Lipinski definition) is 3. The summed E-state index contributed by atoms with van der Waals surface area (Å²) in [7, 11) is 3.28. The highest BCUT2D eigenvalue weighted by molar-refractivity contribution is 6.30. The lowest BCUT2D eigenvalue weighted by atomic mass is 10.2. The zero-order valence-electron chi connectivity index (χ0n) is 13.9. The minimum Gasteiger partial charge on any atom is -0.493 e. The van der Waals surface area contributed by atoms with Crippen molar-refractivity contribution >= 4 is 28.2 Å². The summed E-state index contributed by atoms with van der Waals surface area (Å²) < 4.78 is 10.8. The van der Waals surface area contributed by atoms with Gasteiger partial charge in [-0.3, -0.25) is 10.2 Å². The molecule has 2 aliphatic rings. The number of aromatic amines is 2. The normalized spacial score (nSPS) is 11.2. The van der Waals surface area contributed by atoms with Gasteiger partial charge in [0.25, 0.3) is 0 Å². The molecule has 0 amide bonds. The van der Waals surface area contributed by atoms with E-state index < -0.39 is 0 Å². The molecule has 2 aromatic rings. The summed E-state index contributed by atoms with van der Waals surface area (Å²) in [5.41, 5.74) is 3.24. The Morgan fingerprint density at radius 2 is 1.80 bits per heavy atom. The fourth-order valence-corrected chi connectivity index (χ4v) is 3.32. The summed E-state index contributed by atoms with van der Waals surface area (Å²) in [4.78, 5) is 0. The van der Waals surface area contributed by atoms with Crippen LogP contribution in [-0.2, 0) is 6.54 Å². The van der Waals surface area contributed by atoms with E-state index in [2.05, 4.69) is 21.6 Å². The number of anilines is 1. The average Bonchev–Trinajstić information content (AvgIpc) is 3.17. The number of H-pyrrole nitrogens is 2. The van der Waals surface area contributed by atoms with Gasteiger partial charge in [0.2, 0.25) is 0 Å². The first kappa shape index (κ1) is 15.7. The molecule has 1 heterocycles. The second kappa shape index (κ2) is 6.26. The van der Waals surface area contributed by atoms with Gasteiger partial charge in [-0.2, -0.15) is 0 Å². The number of ether oxygens (including phenoxy) is 2. The fourth-order valence-electron chi connectivity index (χ4n) is 3.10. The highest BCUT2D eigenvalue weighted by atomic mass is 35.5. The molecule has 0 radical (unpaired) electrons. The monoisotopic (exact) mass is 355 g/mol. The van der Waals surface area contributed by atoms with Crippen LogP contribution in [0.15, 0.2) is 42.5 Å². The minimum absolute atomic E-state index is 0.679. The second-order valence-electron chi connectivity index (χ2n) is 5.84. The third-order valence-electron chi connectivity index (χ3n) is 4.33. The topological polar surface area (TPSA) is 62.1 Å². The predicted octanol–water partition coefficient (Wildman–Crippen LogP) is 4.88. The van der Waals surface area contributed by atoms with Crippen molar-refractivity contribution < 1.29 is 9.47 Å². The van der Waals surface area contributed by atoms with E-state index in [0.717, 1.165) is 44.2 Å². The number of hydrogen-bond acceptors (Lipinski definition) is 3. The van der Waals surface area contributed by atoms with Crippen molar-refractivity contribution in [3.8, 4) is 22.8 Å². The Labute approximate surface area is 150 Å². The zero-order valence-corrected chi connectivity index (χ0v) is 14.7. The van der Waals surface area contributed by atoms with Crippen molar-refractivity contribution in [2.45, 2.75) is 6.54 Å². The van der Waals surface area contributed by atoms with Gasteiger partial charge >= 0.3 is 0 Å². The van der Waals surface area contributed by atoms with E-state index in [0.29, 0.717) is 12.3 Å². The van der Waals surface area contributed by atoms with E-state index in [1.165, 1.54) is 0 Å². The molecule has 5 nitrogen and oxygen atoms in total. The summed E-state index contributed by atoms with van der Waals surface area (Å²) in [5.74, 6) is 2.37. The van der Waals surface area contributed by atoms with Crippen LogP contribution in [0, 0.1) is 0 Å². The Balaban J connectivity index is 1.67. The summed E-state index contributed by atoms with van der Waals surface area (Å²) in [5, 5.41) is 12.8. The number of rotatable bonds is 5. The van der Waals surface area contributed by atoms with Crippen LogP contribution in [0.3, 0.4) is 0 Å². The van der Waals surface area contributed by atoms with Crippen LogP contribution in [0.4, 0.5) is 5.82 Å². The van der Waals surface area contributed by atoms with Gasteiger partial charge in [0.1, 0.15) is 5.82 Å². The lowest BCUT2D eigenvalue weighted by Gasteiger charge is -2.07. The maximum absolute atomic E-state index is 6.05. The van der Waals surface area contributed by atoms with Crippen LogP contribution in [-0.4, -0.2) is 24.4 Å². The molecule has 0 fully saturated rings. The highest BCUT2D eigenvalue weighted by Crippen LogP contribution is 2.42. The van der Waals surface area contributed by atoms with E-state index in [1.54, 1.807) is 14.2 Å². The van der Waals surface area contributed by atoms with Crippen molar-refractivity contribution in [1.82, 2.24) is 10.2 Å². The molecule has 0 spiro atoms. The second-order valence-corrected chi connectivity index (χ2v) is 6.27. The lowest BCUT2D eigenvalue weighted by molar-refractivity contribution is 0.356. The molecule has 25 heavy (non-hydrogen) atoms. The first-order valence-electron chi connectivity index (χ1n) is 7.92. The molecular formula is C19H18ClN3O2. The summed E-state index contributed by atoms with van der Waals surface area (Å²) >= 11 is 6.05. The molecule has 1 aliphatic carbocycles. The predicted molar refractivity (Wildman–Crippen MR) is 101 cm³/mol. The number of aromatic nitrogens is 2. The third-order valence-corrected chi connectivity index (χ3v) is 4.57. The van der Waals surface area contributed by atoms with Crippen molar-refractivity contribution in [2.24, 2.45) is 0 Å². The van der Waals surface area contributed by atoms with E-state index in [9.17, 15) is 0 Å². The summed E-state index contributed by atoms with van der Waals surface area (Å²) in [6.07, 6.45) is 0. The number of nitrogens with one attached hydrogen (secondary N) is 3. The number of fused-ring (bicyclic) bond motifs is 3. The lowest BCUT2D eigenvalue weighted by Crippen LogP contribution is -2.00. The number of halogens is 1. The molecule has 1 aliphatic heterocycles. The molecule has 0 bridgehead atoms. The Kier molecular flexibility index (Phi) is 3.93. The molecule has 3 N–H and O–H groups in total. The van der Waals surface area contributed by atoms with Crippen molar-refractivity contribution in [3.05, 3.63) is 53.1 Å². The molecule has 128 valence electrons. The zero-order chi connectivity index (χ0) is 17.4. The van der Waals surface area contributed by atoms with Gasteiger partial charge in [0.15, 0.2) is 11.5 Å². The van der Waals surface area contributed by atoms with E-state index in [4.69, 9.17) is 21.1 Å². The van der Waals surface area contributed by atoms with E-state index in [-0.39, 0.29) is 0 Å². The molecule has 0 unspecified atom stereocenters. The van der Waals surface area contributed by atoms with Gasteiger partial charge in [-0.1, -0.05) is 23.7 Å². The van der Waals surface area contributed by atoms with Crippen LogP contribution in [0.25, 0.3) is 22.0 Å².